The fourth-order valence-corrected chi connectivity index (χ4v) is 2.09. The minimum Gasteiger partial charge on any atom is -0.298 e. The average Bonchev–Trinajstić information content (AvgIpc) is 2.77. The first kappa shape index (κ1) is 12.4. The third-order valence-corrected chi connectivity index (χ3v) is 2.98. The molecule has 0 aliphatic rings. The van der Waals surface area contributed by atoms with Gasteiger partial charge in [-0.1, -0.05) is 0 Å². The van der Waals surface area contributed by atoms with Crippen LogP contribution in [0.1, 0.15) is 33.3 Å². The van der Waals surface area contributed by atoms with Gasteiger partial charge in [0.25, 0.3) is 5.91 Å². The molecule has 1 N–H and O–H groups in total. The molecule has 0 fully saturated rings. The molecule has 18 heavy (non-hydrogen) atoms. The highest BCUT2D eigenvalue weighted by Gasteiger charge is 2.11. The van der Waals surface area contributed by atoms with E-state index in [2.05, 4.69) is 15.3 Å². The first-order valence-electron chi connectivity index (χ1n) is 5.26. The van der Waals surface area contributed by atoms with E-state index in [1.54, 1.807) is 17.6 Å². The predicted molar refractivity (Wildman–Crippen MR) is 69.0 cm³/mol. The van der Waals surface area contributed by atoms with Crippen LogP contribution >= 0.6 is 11.3 Å². The van der Waals surface area contributed by atoms with Crippen molar-refractivity contribution in [1.82, 2.24) is 9.97 Å². The van der Waals surface area contributed by atoms with E-state index in [0.29, 0.717) is 16.4 Å². The molecule has 92 valence electrons. The number of Topliss-reactive ketones (excluding diaryl/α,β-unsaturated/α-hetero) is 1. The normalized spacial score (nSPS) is 10.1. The molecule has 0 aromatic carbocycles. The lowest BCUT2D eigenvalue weighted by Crippen LogP contribution is -2.12. The molecule has 0 radical (unpaired) electrons. The van der Waals surface area contributed by atoms with Crippen LogP contribution in [0, 0.1) is 6.92 Å². The number of amides is 1. The zero-order valence-corrected chi connectivity index (χ0v) is 10.7. The second-order valence-electron chi connectivity index (χ2n) is 3.80. The standard InChI is InChI=1S/C12H11N3O2S/c1-7-3-9(5-13-4-7)11(17)15-12-14-10(6-18-12)8(2)16/h3-6H,1-2H3,(H,14,15,17). The van der Waals surface area contributed by atoms with Crippen molar-refractivity contribution < 1.29 is 9.59 Å². The van der Waals surface area contributed by atoms with Crippen LogP contribution in [0.4, 0.5) is 5.13 Å². The van der Waals surface area contributed by atoms with Crippen molar-refractivity contribution in [1.29, 1.82) is 0 Å². The fraction of sp³-hybridized carbons (Fsp3) is 0.167. The number of ketones is 1. The Morgan fingerprint density at radius 3 is 2.72 bits per heavy atom. The number of hydrogen-bond acceptors (Lipinski definition) is 5. The Morgan fingerprint density at radius 1 is 1.33 bits per heavy atom. The van der Waals surface area contributed by atoms with Crippen molar-refractivity contribution in [3.05, 3.63) is 40.7 Å². The Kier molecular flexibility index (Phi) is 3.47. The summed E-state index contributed by atoms with van der Waals surface area (Å²) in [5.41, 5.74) is 1.73. The summed E-state index contributed by atoms with van der Waals surface area (Å²) in [6, 6.07) is 1.74. The van der Waals surface area contributed by atoms with Crippen LogP contribution < -0.4 is 5.32 Å². The number of carbonyl (C=O) groups is 2. The van der Waals surface area contributed by atoms with E-state index >= 15 is 0 Å². The molecule has 2 aromatic heterocycles. The van der Waals surface area contributed by atoms with Crippen molar-refractivity contribution in [2.75, 3.05) is 5.32 Å². The highest BCUT2D eigenvalue weighted by Crippen LogP contribution is 2.16. The summed E-state index contributed by atoms with van der Waals surface area (Å²) in [5.74, 6) is -0.403. The summed E-state index contributed by atoms with van der Waals surface area (Å²) in [6.07, 6.45) is 3.16. The lowest BCUT2D eigenvalue weighted by molar-refractivity contribution is 0.100. The lowest BCUT2D eigenvalue weighted by Gasteiger charge is -2.01. The van der Waals surface area contributed by atoms with Crippen LogP contribution in [0.25, 0.3) is 0 Å². The van der Waals surface area contributed by atoms with Gasteiger partial charge < -0.3 is 0 Å². The molecule has 1 amide bonds. The second-order valence-corrected chi connectivity index (χ2v) is 4.66. The number of nitrogens with one attached hydrogen (secondary N) is 1. The van der Waals surface area contributed by atoms with Gasteiger partial charge in [-0.3, -0.25) is 19.9 Å². The molecule has 0 aliphatic carbocycles. The summed E-state index contributed by atoms with van der Waals surface area (Å²) in [5, 5.41) is 4.66. The molecule has 6 heteroatoms. The molecule has 2 aromatic rings. The number of anilines is 1. The monoisotopic (exact) mass is 261 g/mol. The van der Waals surface area contributed by atoms with Gasteiger partial charge in [-0.25, -0.2) is 4.98 Å². The largest absolute Gasteiger partial charge is 0.298 e. The average molecular weight is 261 g/mol. The Morgan fingerprint density at radius 2 is 2.11 bits per heavy atom. The summed E-state index contributed by atoms with van der Waals surface area (Å²) in [6.45, 7) is 3.30. The molecule has 2 heterocycles. The van der Waals surface area contributed by atoms with Crippen LogP contribution in [-0.2, 0) is 0 Å². The molecule has 0 saturated heterocycles. The van der Waals surface area contributed by atoms with E-state index in [-0.39, 0.29) is 11.7 Å². The second kappa shape index (κ2) is 5.05. The molecule has 0 saturated carbocycles. The van der Waals surface area contributed by atoms with Gasteiger partial charge in [0, 0.05) is 24.7 Å². The van der Waals surface area contributed by atoms with Crippen LogP contribution in [0.2, 0.25) is 0 Å². The van der Waals surface area contributed by atoms with Crippen molar-refractivity contribution in [3.8, 4) is 0 Å². The number of aromatic nitrogens is 2. The molecule has 0 unspecified atom stereocenters. The quantitative estimate of drug-likeness (QED) is 0.860. The fourth-order valence-electron chi connectivity index (χ4n) is 1.34. The highest BCUT2D eigenvalue weighted by molar-refractivity contribution is 7.14. The Balaban J connectivity index is 2.13. The number of nitrogens with zero attached hydrogens (tertiary/aromatic N) is 2. The predicted octanol–water partition coefficient (Wildman–Crippen LogP) is 2.30. The van der Waals surface area contributed by atoms with E-state index in [9.17, 15) is 9.59 Å². The first-order chi connectivity index (χ1) is 8.56. The molecule has 0 spiro atoms. The molecule has 0 atom stereocenters. The van der Waals surface area contributed by atoms with Crippen molar-refractivity contribution in [2.45, 2.75) is 13.8 Å². The smallest absolute Gasteiger partial charge is 0.259 e. The molecule has 2 rings (SSSR count). The van der Waals surface area contributed by atoms with Crippen molar-refractivity contribution >= 4 is 28.2 Å². The summed E-state index contributed by atoms with van der Waals surface area (Å²) >= 11 is 1.22. The van der Waals surface area contributed by atoms with Crippen molar-refractivity contribution in [3.63, 3.8) is 0 Å². The molecular weight excluding hydrogens is 250 g/mol. The minimum atomic E-state index is -0.282. The number of carbonyl (C=O) groups excluding carboxylic acids is 2. The number of aryl methyl sites for hydroxylation is 1. The van der Waals surface area contributed by atoms with Crippen LogP contribution in [0.15, 0.2) is 23.8 Å². The van der Waals surface area contributed by atoms with Gasteiger partial charge in [0.15, 0.2) is 10.9 Å². The van der Waals surface area contributed by atoms with Gasteiger partial charge in [0.2, 0.25) is 0 Å². The third kappa shape index (κ3) is 2.78. The molecule has 0 bridgehead atoms. The van der Waals surface area contributed by atoms with Gasteiger partial charge in [-0.15, -0.1) is 11.3 Å². The number of pyridine rings is 1. The first-order valence-corrected chi connectivity index (χ1v) is 6.13. The maximum Gasteiger partial charge on any atom is 0.259 e. The summed E-state index contributed by atoms with van der Waals surface area (Å²) < 4.78 is 0. The highest BCUT2D eigenvalue weighted by atomic mass is 32.1. The van der Waals surface area contributed by atoms with E-state index in [4.69, 9.17) is 0 Å². The lowest BCUT2D eigenvalue weighted by atomic mass is 10.2. The number of thiazole rings is 1. The maximum atomic E-state index is 11.9. The zero-order chi connectivity index (χ0) is 13.1. The minimum absolute atomic E-state index is 0.121. The van der Waals surface area contributed by atoms with Gasteiger partial charge in [0.1, 0.15) is 5.69 Å². The van der Waals surface area contributed by atoms with Gasteiger partial charge in [-0.2, -0.15) is 0 Å². The van der Waals surface area contributed by atoms with Crippen LogP contribution in [-0.4, -0.2) is 21.7 Å². The van der Waals surface area contributed by atoms with Gasteiger partial charge in [0.05, 0.1) is 5.56 Å². The van der Waals surface area contributed by atoms with E-state index < -0.39 is 0 Å². The van der Waals surface area contributed by atoms with E-state index in [0.717, 1.165) is 5.56 Å². The maximum absolute atomic E-state index is 11.9. The van der Waals surface area contributed by atoms with Crippen LogP contribution in [0.3, 0.4) is 0 Å². The topological polar surface area (TPSA) is 72.0 Å². The van der Waals surface area contributed by atoms with Gasteiger partial charge in [-0.05, 0) is 18.6 Å². The molecular formula is C12H11N3O2S. The summed E-state index contributed by atoms with van der Waals surface area (Å²) in [4.78, 5) is 30.9. The third-order valence-electron chi connectivity index (χ3n) is 2.22. The Bertz CT molecular complexity index is 607. The molecule has 5 nitrogen and oxygen atoms in total. The SMILES string of the molecule is CC(=O)c1csc(NC(=O)c2cncc(C)c2)n1. The van der Waals surface area contributed by atoms with Crippen LogP contribution in [0.5, 0.6) is 0 Å². The number of rotatable bonds is 3. The Hall–Kier alpha value is -2.08. The number of hydrogen-bond donors (Lipinski definition) is 1. The summed E-state index contributed by atoms with van der Waals surface area (Å²) in [7, 11) is 0. The zero-order valence-electron chi connectivity index (χ0n) is 9.93. The van der Waals surface area contributed by atoms with Crippen molar-refractivity contribution in [2.24, 2.45) is 0 Å². The van der Waals surface area contributed by atoms with Gasteiger partial charge >= 0.3 is 0 Å². The molecule has 0 aliphatic heterocycles. The van der Waals surface area contributed by atoms with E-state index in [1.807, 2.05) is 6.92 Å². The Labute approximate surface area is 108 Å². The van der Waals surface area contributed by atoms with E-state index in [1.165, 1.54) is 24.5 Å².